The highest BCUT2D eigenvalue weighted by Gasteiger charge is 2.18. The maximum Gasteiger partial charge on any atom is 0.267 e. The van der Waals surface area contributed by atoms with Crippen LogP contribution in [0.15, 0.2) is 53.4 Å². The van der Waals surface area contributed by atoms with Gasteiger partial charge in [0.25, 0.3) is 5.91 Å². The van der Waals surface area contributed by atoms with E-state index in [2.05, 4.69) is 10.0 Å². The highest BCUT2D eigenvalue weighted by molar-refractivity contribution is 7.89. The first-order chi connectivity index (χ1) is 12.3. The largest absolute Gasteiger partial charge is 0.321 e. The summed E-state index contributed by atoms with van der Waals surface area (Å²) in [6, 6.07) is 13.3. The number of hydrogen-bond acceptors (Lipinski definition) is 4. The Hall–Kier alpha value is -1.93. The van der Waals surface area contributed by atoms with E-state index in [9.17, 15) is 13.2 Å². The van der Waals surface area contributed by atoms with Gasteiger partial charge >= 0.3 is 0 Å². The number of thiophene rings is 1. The molecule has 0 aliphatic rings. The molecule has 0 atom stereocenters. The van der Waals surface area contributed by atoms with Gasteiger partial charge in [-0.3, -0.25) is 4.79 Å². The standard InChI is InChI=1S/C18H17ClN2O3S2/c1-11(2)21-26(23,24)13-9-7-12(8-10-13)20-18(22)17-16(19)14-5-3-4-6-15(14)25-17/h3-11,21H,1-2H3,(H,20,22). The van der Waals surface area contributed by atoms with Crippen molar-refractivity contribution in [3.8, 4) is 0 Å². The van der Waals surface area contributed by atoms with E-state index in [0.717, 1.165) is 10.1 Å². The fourth-order valence-electron chi connectivity index (χ4n) is 2.44. The number of hydrogen-bond donors (Lipinski definition) is 2. The van der Waals surface area contributed by atoms with Crippen LogP contribution >= 0.6 is 22.9 Å². The highest BCUT2D eigenvalue weighted by Crippen LogP contribution is 2.35. The Bertz CT molecular complexity index is 1060. The molecule has 0 aliphatic carbocycles. The number of nitrogens with one attached hydrogen (secondary N) is 2. The smallest absolute Gasteiger partial charge is 0.267 e. The van der Waals surface area contributed by atoms with E-state index in [1.165, 1.54) is 23.5 Å². The molecule has 0 fully saturated rings. The molecule has 1 heterocycles. The number of benzene rings is 2. The molecule has 1 amide bonds. The van der Waals surface area contributed by atoms with E-state index >= 15 is 0 Å². The lowest BCUT2D eigenvalue weighted by atomic mass is 10.2. The van der Waals surface area contributed by atoms with Gasteiger partial charge in [-0.25, -0.2) is 13.1 Å². The molecule has 3 rings (SSSR count). The van der Waals surface area contributed by atoms with Crippen LogP contribution in [0.3, 0.4) is 0 Å². The third kappa shape index (κ3) is 3.91. The summed E-state index contributed by atoms with van der Waals surface area (Å²) in [6.07, 6.45) is 0. The van der Waals surface area contributed by atoms with Crippen LogP contribution in [-0.2, 0) is 10.0 Å². The molecule has 0 radical (unpaired) electrons. The molecule has 26 heavy (non-hydrogen) atoms. The second-order valence-corrected chi connectivity index (χ2v) is 9.14. The lowest BCUT2D eigenvalue weighted by Gasteiger charge is -2.10. The van der Waals surface area contributed by atoms with E-state index in [-0.39, 0.29) is 16.8 Å². The molecular weight excluding hydrogens is 392 g/mol. The normalized spacial score (nSPS) is 11.8. The van der Waals surface area contributed by atoms with Gasteiger partial charge in [0.05, 0.1) is 9.92 Å². The van der Waals surface area contributed by atoms with Crippen LogP contribution in [0.25, 0.3) is 10.1 Å². The average Bonchev–Trinajstić information content (AvgIpc) is 2.92. The van der Waals surface area contributed by atoms with E-state index in [0.29, 0.717) is 15.6 Å². The molecule has 5 nitrogen and oxygen atoms in total. The van der Waals surface area contributed by atoms with Gasteiger partial charge in [-0.2, -0.15) is 0 Å². The van der Waals surface area contributed by atoms with Crippen molar-refractivity contribution in [3.05, 3.63) is 58.4 Å². The number of anilines is 1. The second-order valence-electron chi connectivity index (χ2n) is 6.00. The molecule has 0 saturated heterocycles. The molecule has 8 heteroatoms. The van der Waals surface area contributed by atoms with Gasteiger partial charge in [0, 0.05) is 21.8 Å². The monoisotopic (exact) mass is 408 g/mol. The molecule has 0 bridgehead atoms. The van der Waals surface area contributed by atoms with Crippen molar-refractivity contribution in [2.75, 3.05) is 5.32 Å². The summed E-state index contributed by atoms with van der Waals surface area (Å²) in [6.45, 7) is 3.50. The fraction of sp³-hybridized carbons (Fsp3) is 0.167. The van der Waals surface area contributed by atoms with Crippen molar-refractivity contribution in [3.63, 3.8) is 0 Å². The molecule has 0 spiro atoms. The highest BCUT2D eigenvalue weighted by atomic mass is 35.5. The van der Waals surface area contributed by atoms with E-state index in [4.69, 9.17) is 11.6 Å². The quantitative estimate of drug-likeness (QED) is 0.652. The van der Waals surface area contributed by atoms with Gasteiger partial charge in [0.1, 0.15) is 4.88 Å². The van der Waals surface area contributed by atoms with Crippen LogP contribution < -0.4 is 10.0 Å². The predicted octanol–water partition coefficient (Wildman–Crippen LogP) is 4.49. The lowest BCUT2D eigenvalue weighted by molar-refractivity contribution is 0.103. The Kier molecular flexibility index (Phi) is 5.34. The SMILES string of the molecule is CC(C)NS(=O)(=O)c1ccc(NC(=O)c2sc3ccccc3c2Cl)cc1. The number of rotatable bonds is 5. The van der Waals surface area contributed by atoms with E-state index in [1.54, 1.807) is 26.0 Å². The Morgan fingerprint density at radius 1 is 1.08 bits per heavy atom. The van der Waals surface area contributed by atoms with Gasteiger partial charge in [0.2, 0.25) is 10.0 Å². The van der Waals surface area contributed by atoms with Gasteiger partial charge < -0.3 is 5.32 Å². The number of carbonyl (C=O) groups excluding carboxylic acids is 1. The average molecular weight is 409 g/mol. The third-order valence-electron chi connectivity index (χ3n) is 3.55. The topological polar surface area (TPSA) is 75.3 Å². The minimum atomic E-state index is -3.56. The Morgan fingerprint density at radius 2 is 1.73 bits per heavy atom. The molecular formula is C18H17ClN2O3S2. The Morgan fingerprint density at radius 3 is 2.35 bits per heavy atom. The number of halogens is 1. The van der Waals surface area contributed by atoms with Crippen molar-refractivity contribution in [2.45, 2.75) is 24.8 Å². The molecule has 1 aromatic heterocycles. The zero-order valence-corrected chi connectivity index (χ0v) is 16.5. The summed E-state index contributed by atoms with van der Waals surface area (Å²) in [7, 11) is -3.56. The summed E-state index contributed by atoms with van der Waals surface area (Å²) in [5.74, 6) is -0.327. The number of sulfonamides is 1. The molecule has 2 N–H and O–H groups in total. The second kappa shape index (κ2) is 7.36. The first kappa shape index (κ1) is 18.8. The summed E-state index contributed by atoms with van der Waals surface area (Å²) >= 11 is 7.63. The van der Waals surface area contributed by atoms with Gasteiger partial charge in [0.15, 0.2) is 0 Å². The first-order valence-corrected chi connectivity index (χ1v) is 10.6. The molecule has 0 unspecified atom stereocenters. The molecule has 136 valence electrons. The van der Waals surface area contributed by atoms with Crippen LogP contribution in [-0.4, -0.2) is 20.4 Å². The van der Waals surface area contributed by atoms with Crippen molar-refractivity contribution in [1.82, 2.24) is 4.72 Å². The van der Waals surface area contributed by atoms with Crippen LogP contribution in [0.2, 0.25) is 5.02 Å². The van der Waals surface area contributed by atoms with E-state index in [1.807, 2.05) is 24.3 Å². The van der Waals surface area contributed by atoms with Crippen LogP contribution in [0.5, 0.6) is 0 Å². The van der Waals surface area contributed by atoms with Crippen molar-refractivity contribution >= 4 is 54.6 Å². The molecule has 0 aliphatic heterocycles. The maximum atomic E-state index is 12.5. The fourth-order valence-corrected chi connectivity index (χ4v) is 5.11. The van der Waals surface area contributed by atoms with Crippen LogP contribution in [0.4, 0.5) is 5.69 Å². The van der Waals surface area contributed by atoms with Crippen molar-refractivity contribution in [1.29, 1.82) is 0 Å². The van der Waals surface area contributed by atoms with Gasteiger partial charge in [-0.1, -0.05) is 29.8 Å². The number of carbonyl (C=O) groups is 1. The van der Waals surface area contributed by atoms with Crippen molar-refractivity contribution in [2.24, 2.45) is 0 Å². The van der Waals surface area contributed by atoms with Gasteiger partial charge in [-0.05, 0) is 44.2 Å². The Balaban J connectivity index is 1.80. The summed E-state index contributed by atoms with van der Waals surface area (Å²) in [4.78, 5) is 13.1. The maximum absolute atomic E-state index is 12.5. The Labute approximate surface area is 161 Å². The number of amides is 1. The molecule has 0 saturated carbocycles. The van der Waals surface area contributed by atoms with Crippen molar-refractivity contribution < 1.29 is 13.2 Å². The van der Waals surface area contributed by atoms with Gasteiger partial charge in [-0.15, -0.1) is 11.3 Å². The lowest BCUT2D eigenvalue weighted by Crippen LogP contribution is -2.30. The minimum Gasteiger partial charge on any atom is -0.321 e. The number of fused-ring (bicyclic) bond motifs is 1. The van der Waals surface area contributed by atoms with E-state index < -0.39 is 10.0 Å². The molecule has 3 aromatic rings. The summed E-state index contributed by atoms with van der Waals surface area (Å²) in [5, 5.41) is 4.01. The zero-order valence-electron chi connectivity index (χ0n) is 14.1. The summed E-state index contributed by atoms with van der Waals surface area (Å²) < 4.78 is 27.7. The molecule has 2 aromatic carbocycles. The third-order valence-corrected chi connectivity index (χ3v) is 6.90. The first-order valence-electron chi connectivity index (χ1n) is 7.89. The van der Waals surface area contributed by atoms with Crippen LogP contribution in [0, 0.1) is 0 Å². The van der Waals surface area contributed by atoms with Crippen LogP contribution in [0.1, 0.15) is 23.5 Å². The minimum absolute atomic E-state index is 0.143. The zero-order chi connectivity index (χ0) is 18.9. The predicted molar refractivity (Wildman–Crippen MR) is 107 cm³/mol. The summed E-state index contributed by atoms with van der Waals surface area (Å²) in [5.41, 5.74) is 0.493.